The number of nitrogens with zero attached hydrogens (tertiary/aromatic N) is 1. The van der Waals surface area contributed by atoms with Crippen molar-refractivity contribution in [3.63, 3.8) is 0 Å². The Bertz CT molecular complexity index is 1260. The van der Waals surface area contributed by atoms with Gasteiger partial charge in [0.2, 0.25) is 0 Å². The SMILES string of the molecule is CC1(C)CCC(C)(C)c2c1cc1c(c2NC(=O)c2ccc(NC(=O)N3CCOCC3)cc2)C(C)(C)CCC1(C)C. The Morgan fingerprint density at radius 1 is 0.700 bits per heavy atom. The van der Waals surface area contributed by atoms with Gasteiger partial charge in [0.15, 0.2) is 0 Å². The third kappa shape index (κ3) is 5.15. The van der Waals surface area contributed by atoms with Gasteiger partial charge >= 0.3 is 6.03 Å². The molecule has 216 valence electrons. The van der Waals surface area contributed by atoms with E-state index in [0.717, 1.165) is 31.4 Å². The molecule has 1 aliphatic heterocycles. The summed E-state index contributed by atoms with van der Waals surface area (Å²) in [6.45, 7) is 21.0. The maximum absolute atomic E-state index is 13.9. The molecular weight excluding hydrogens is 498 g/mol. The maximum atomic E-state index is 13.9. The van der Waals surface area contributed by atoms with Gasteiger partial charge < -0.3 is 20.3 Å². The Morgan fingerprint density at radius 2 is 1.18 bits per heavy atom. The van der Waals surface area contributed by atoms with Gasteiger partial charge in [-0.1, -0.05) is 61.5 Å². The van der Waals surface area contributed by atoms with Crippen LogP contribution in [0.15, 0.2) is 30.3 Å². The van der Waals surface area contributed by atoms with E-state index in [9.17, 15) is 9.59 Å². The number of hydrogen-bond donors (Lipinski definition) is 2. The largest absolute Gasteiger partial charge is 0.378 e. The monoisotopic (exact) mass is 545 g/mol. The summed E-state index contributed by atoms with van der Waals surface area (Å²) < 4.78 is 5.34. The third-order valence-corrected chi connectivity index (χ3v) is 9.82. The van der Waals surface area contributed by atoms with Gasteiger partial charge in [0, 0.05) is 30.0 Å². The molecule has 0 aromatic heterocycles. The van der Waals surface area contributed by atoms with Crippen molar-refractivity contribution in [1.82, 2.24) is 4.90 Å². The number of rotatable bonds is 3. The van der Waals surface area contributed by atoms with Crippen molar-refractivity contribution in [1.29, 1.82) is 0 Å². The molecule has 5 rings (SSSR count). The summed E-state index contributed by atoms with van der Waals surface area (Å²) in [7, 11) is 0. The molecule has 0 radical (unpaired) electrons. The van der Waals surface area contributed by atoms with Gasteiger partial charge in [0.05, 0.1) is 13.2 Å². The fourth-order valence-electron chi connectivity index (χ4n) is 6.91. The van der Waals surface area contributed by atoms with Crippen molar-refractivity contribution >= 4 is 23.3 Å². The van der Waals surface area contributed by atoms with E-state index in [1.165, 1.54) is 22.3 Å². The number of fused-ring (bicyclic) bond motifs is 2. The molecular formula is C34H47N3O3. The van der Waals surface area contributed by atoms with Crippen molar-refractivity contribution in [2.24, 2.45) is 0 Å². The molecule has 6 nitrogen and oxygen atoms in total. The number of carbonyl (C=O) groups is 2. The van der Waals surface area contributed by atoms with E-state index in [-0.39, 0.29) is 33.6 Å². The van der Waals surface area contributed by atoms with Crippen LogP contribution in [0.25, 0.3) is 0 Å². The van der Waals surface area contributed by atoms with E-state index >= 15 is 0 Å². The molecule has 0 unspecified atom stereocenters. The lowest BCUT2D eigenvalue weighted by Crippen LogP contribution is -2.43. The Hall–Kier alpha value is -2.86. The topological polar surface area (TPSA) is 70.7 Å². The van der Waals surface area contributed by atoms with E-state index in [4.69, 9.17) is 4.74 Å². The Labute approximate surface area is 240 Å². The highest BCUT2D eigenvalue weighted by Gasteiger charge is 2.46. The first-order chi connectivity index (χ1) is 18.6. The van der Waals surface area contributed by atoms with Crippen LogP contribution in [0.3, 0.4) is 0 Å². The smallest absolute Gasteiger partial charge is 0.321 e. The standard InChI is InChI=1S/C34H47N3O3/c1-31(2)13-15-33(5,6)26-24(31)21-25-27(34(7,8)16-14-32(25,3)4)28(26)36-29(38)22-9-11-23(12-10-22)35-30(39)37-17-19-40-20-18-37/h9-12,21H,13-20H2,1-8H3,(H,35,39)(H,36,38). The lowest BCUT2D eigenvalue weighted by atomic mass is 9.56. The molecule has 3 amide bonds. The first-order valence-electron chi connectivity index (χ1n) is 14.9. The zero-order valence-electron chi connectivity index (χ0n) is 25.7. The number of morpholine rings is 1. The number of carbonyl (C=O) groups excluding carboxylic acids is 2. The molecule has 1 saturated heterocycles. The molecule has 2 aromatic rings. The molecule has 0 spiro atoms. The second kappa shape index (κ2) is 9.90. The number of nitrogens with one attached hydrogen (secondary N) is 2. The average Bonchev–Trinajstić information content (AvgIpc) is 2.90. The Kier molecular flexibility index (Phi) is 7.09. The summed E-state index contributed by atoms with van der Waals surface area (Å²) in [4.78, 5) is 28.2. The van der Waals surface area contributed by atoms with Crippen LogP contribution in [0.1, 0.15) is 114 Å². The summed E-state index contributed by atoms with van der Waals surface area (Å²) in [5.41, 5.74) is 7.63. The second-order valence-electron chi connectivity index (χ2n) is 14.7. The van der Waals surface area contributed by atoms with Crippen LogP contribution in [0.2, 0.25) is 0 Å². The normalized spacial score (nSPS) is 22.1. The van der Waals surface area contributed by atoms with Gasteiger partial charge in [-0.15, -0.1) is 0 Å². The number of urea groups is 1. The van der Waals surface area contributed by atoms with Crippen molar-refractivity contribution < 1.29 is 14.3 Å². The lowest BCUT2D eigenvalue weighted by molar-refractivity contribution is 0.0564. The zero-order valence-corrected chi connectivity index (χ0v) is 25.7. The van der Waals surface area contributed by atoms with Crippen LogP contribution < -0.4 is 10.6 Å². The van der Waals surface area contributed by atoms with Crippen LogP contribution in [0, 0.1) is 0 Å². The lowest BCUT2D eigenvalue weighted by Gasteiger charge is -2.49. The molecule has 0 saturated carbocycles. The highest BCUT2D eigenvalue weighted by Crippen LogP contribution is 2.56. The van der Waals surface area contributed by atoms with Crippen molar-refractivity contribution in [3.05, 3.63) is 58.1 Å². The van der Waals surface area contributed by atoms with E-state index in [2.05, 4.69) is 72.1 Å². The van der Waals surface area contributed by atoms with Crippen LogP contribution in [0.5, 0.6) is 0 Å². The fraction of sp³-hybridized carbons (Fsp3) is 0.588. The first kappa shape index (κ1) is 28.7. The molecule has 40 heavy (non-hydrogen) atoms. The Morgan fingerprint density at radius 3 is 1.68 bits per heavy atom. The molecule has 2 N–H and O–H groups in total. The van der Waals surface area contributed by atoms with Gasteiger partial charge in [-0.05, 0) is 93.9 Å². The summed E-state index contributed by atoms with van der Waals surface area (Å²) >= 11 is 0. The minimum absolute atomic E-state index is 0.0391. The van der Waals surface area contributed by atoms with Gasteiger partial charge in [0.1, 0.15) is 0 Å². The average molecular weight is 546 g/mol. The second-order valence-corrected chi connectivity index (χ2v) is 14.7. The van der Waals surface area contributed by atoms with Gasteiger partial charge in [-0.3, -0.25) is 4.79 Å². The quantitative estimate of drug-likeness (QED) is 0.419. The fourth-order valence-corrected chi connectivity index (χ4v) is 6.91. The predicted molar refractivity (Wildman–Crippen MR) is 163 cm³/mol. The third-order valence-electron chi connectivity index (χ3n) is 9.82. The highest BCUT2D eigenvalue weighted by atomic mass is 16.5. The Balaban J connectivity index is 1.52. The van der Waals surface area contributed by atoms with Crippen molar-refractivity contribution in [2.75, 3.05) is 36.9 Å². The molecule has 1 fully saturated rings. The molecule has 6 heteroatoms. The molecule has 2 aliphatic carbocycles. The zero-order chi connectivity index (χ0) is 29.1. The van der Waals surface area contributed by atoms with E-state index in [0.29, 0.717) is 37.6 Å². The summed E-state index contributed by atoms with van der Waals surface area (Å²) in [5.74, 6) is -0.111. The molecule has 0 atom stereocenters. The van der Waals surface area contributed by atoms with E-state index in [1.54, 1.807) is 17.0 Å². The molecule has 2 aromatic carbocycles. The van der Waals surface area contributed by atoms with Gasteiger partial charge in [-0.25, -0.2) is 4.79 Å². The molecule has 3 aliphatic rings. The maximum Gasteiger partial charge on any atom is 0.321 e. The van der Waals surface area contributed by atoms with E-state index < -0.39 is 0 Å². The summed E-state index contributed by atoms with van der Waals surface area (Å²) in [5, 5.41) is 6.41. The molecule has 0 bridgehead atoms. The van der Waals surface area contributed by atoms with Gasteiger partial charge in [0.25, 0.3) is 5.91 Å². The van der Waals surface area contributed by atoms with Crippen LogP contribution in [-0.4, -0.2) is 43.1 Å². The van der Waals surface area contributed by atoms with E-state index in [1.807, 2.05) is 12.1 Å². The number of benzene rings is 2. The van der Waals surface area contributed by atoms with Crippen molar-refractivity contribution in [3.8, 4) is 0 Å². The minimum Gasteiger partial charge on any atom is -0.378 e. The summed E-state index contributed by atoms with van der Waals surface area (Å²) in [6, 6.07) is 9.57. The number of hydrogen-bond acceptors (Lipinski definition) is 3. The van der Waals surface area contributed by atoms with Crippen LogP contribution in [0.4, 0.5) is 16.2 Å². The first-order valence-corrected chi connectivity index (χ1v) is 14.9. The van der Waals surface area contributed by atoms with Crippen LogP contribution >= 0.6 is 0 Å². The summed E-state index contributed by atoms with van der Waals surface area (Å²) in [6.07, 6.45) is 4.41. The number of amides is 3. The van der Waals surface area contributed by atoms with Gasteiger partial charge in [-0.2, -0.15) is 0 Å². The predicted octanol–water partition coefficient (Wildman–Crippen LogP) is 7.50. The highest BCUT2D eigenvalue weighted by molar-refractivity contribution is 6.06. The van der Waals surface area contributed by atoms with Crippen LogP contribution in [-0.2, 0) is 26.4 Å². The molecule has 1 heterocycles. The number of anilines is 2. The van der Waals surface area contributed by atoms with Crippen molar-refractivity contribution in [2.45, 2.75) is 103 Å². The minimum atomic E-state index is -0.141. The number of ether oxygens (including phenoxy) is 1.